The Morgan fingerprint density at radius 1 is 0.741 bits per heavy atom. The van der Waals surface area contributed by atoms with E-state index in [9.17, 15) is 9.59 Å². The van der Waals surface area contributed by atoms with Gasteiger partial charge in [0.05, 0.1) is 12.2 Å². The predicted molar refractivity (Wildman–Crippen MR) is 103 cm³/mol. The SMILES string of the molecule is CC(=O)c1ccc(OC(=O)c2ccc(OCCc3ccccc3)cc2)cc1. The highest BCUT2D eigenvalue weighted by atomic mass is 16.5. The van der Waals surface area contributed by atoms with Crippen LogP contribution in [0.15, 0.2) is 78.9 Å². The number of carbonyl (C=O) groups excluding carboxylic acids is 2. The zero-order valence-electron chi connectivity index (χ0n) is 15.1. The van der Waals surface area contributed by atoms with E-state index in [1.165, 1.54) is 12.5 Å². The van der Waals surface area contributed by atoms with E-state index in [0.717, 1.165) is 6.42 Å². The van der Waals surface area contributed by atoms with E-state index in [1.807, 2.05) is 18.2 Å². The van der Waals surface area contributed by atoms with Crippen molar-refractivity contribution in [3.63, 3.8) is 0 Å². The monoisotopic (exact) mass is 360 g/mol. The van der Waals surface area contributed by atoms with Gasteiger partial charge in [0, 0.05) is 12.0 Å². The maximum absolute atomic E-state index is 12.2. The fourth-order valence-corrected chi connectivity index (χ4v) is 2.54. The Morgan fingerprint density at radius 3 is 1.96 bits per heavy atom. The topological polar surface area (TPSA) is 52.6 Å². The number of hydrogen-bond donors (Lipinski definition) is 0. The molecule has 0 unspecified atom stereocenters. The Bertz CT molecular complexity index is 897. The highest BCUT2D eigenvalue weighted by Crippen LogP contribution is 2.17. The van der Waals surface area contributed by atoms with Crippen molar-refractivity contribution in [2.45, 2.75) is 13.3 Å². The molecule has 3 rings (SSSR count). The second-order valence-corrected chi connectivity index (χ2v) is 6.08. The van der Waals surface area contributed by atoms with Crippen LogP contribution in [-0.4, -0.2) is 18.4 Å². The van der Waals surface area contributed by atoms with Gasteiger partial charge in [-0.05, 0) is 61.0 Å². The number of rotatable bonds is 7. The summed E-state index contributed by atoms with van der Waals surface area (Å²) in [7, 11) is 0. The van der Waals surface area contributed by atoms with Crippen molar-refractivity contribution in [2.24, 2.45) is 0 Å². The summed E-state index contributed by atoms with van der Waals surface area (Å²) in [6, 6.07) is 23.4. The molecule has 0 N–H and O–H groups in total. The molecule has 0 aliphatic carbocycles. The summed E-state index contributed by atoms with van der Waals surface area (Å²) >= 11 is 0. The van der Waals surface area contributed by atoms with Crippen molar-refractivity contribution in [1.29, 1.82) is 0 Å². The zero-order chi connectivity index (χ0) is 19.1. The number of esters is 1. The summed E-state index contributed by atoms with van der Waals surface area (Å²) in [5.74, 6) is 0.610. The van der Waals surface area contributed by atoms with E-state index in [-0.39, 0.29) is 5.78 Å². The second kappa shape index (κ2) is 8.81. The minimum absolute atomic E-state index is 0.0317. The molecule has 0 aliphatic rings. The Hall–Kier alpha value is -3.40. The highest BCUT2D eigenvalue weighted by molar-refractivity contribution is 5.94. The van der Waals surface area contributed by atoms with Crippen molar-refractivity contribution in [2.75, 3.05) is 6.61 Å². The molecule has 0 spiro atoms. The first kappa shape index (κ1) is 18.4. The average molecular weight is 360 g/mol. The predicted octanol–water partition coefficient (Wildman–Crippen LogP) is 4.73. The second-order valence-electron chi connectivity index (χ2n) is 6.08. The Labute approximate surface area is 158 Å². The van der Waals surface area contributed by atoms with Crippen LogP contribution >= 0.6 is 0 Å². The molecule has 0 atom stereocenters. The molecule has 0 radical (unpaired) electrons. The highest BCUT2D eigenvalue weighted by Gasteiger charge is 2.09. The van der Waals surface area contributed by atoms with Crippen molar-refractivity contribution < 1.29 is 19.1 Å². The molecule has 4 nitrogen and oxygen atoms in total. The van der Waals surface area contributed by atoms with E-state index in [4.69, 9.17) is 9.47 Å². The summed E-state index contributed by atoms with van der Waals surface area (Å²) in [6.45, 7) is 2.06. The number of hydrogen-bond acceptors (Lipinski definition) is 4. The summed E-state index contributed by atoms with van der Waals surface area (Å²) in [5, 5.41) is 0. The van der Waals surface area contributed by atoms with Crippen molar-refractivity contribution in [3.05, 3.63) is 95.6 Å². The van der Waals surface area contributed by atoms with Crippen LogP contribution in [0, 0.1) is 0 Å². The van der Waals surface area contributed by atoms with Crippen LogP contribution in [0.2, 0.25) is 0 Å². The molecule has 0 fully saturated rings. The summed E-state index contributed by atoms with van der Waals surface area (Å²) < 4.78 is 11.0. The summed E-state index contributed by atoms with van der Waals surface area (Å²) in [5.41, 5.74) is 2.22. The van der Waals surface area contributed by atoms with Crippen LogP contribution < -0.4 is 9.47 Å². The lowest BCUT2D eigenvalue weighted by molar-refractivity contribution is 0.0734. The number of Topliss-reactive ketones (excluding diaryl/α,β-unsaturated/α-hetero) is 1. The van der Waals surface area contributed by atoms with Crippen LogP contribution in [-0.2, 0) is 6.42 Å². The Morgan fingerprint density at radius 2 is 1.33 bits per heavy atom. The normalized spacial score (nSPS) is 10.3. The quantitative estimate of drug-likeness (QED) is 0.347. The van der Waals surface area contributed by atoms with E-state index < -0.39 is 5.97 Å². The smallest absolute Gasteiger partial charge is 0.343 e. The largest absolute Gasteiger partial charge is 0.493 e. The third-order valence-corrected chi connectivity index (χ3v) is 4.06. The molecule has 0 heterocycles. The van der Waals surface area contributed by atoms with Gasteiger partial charge in [0.2, 0.25) is 0 Å². The van der Waals surface area contributed by atoms with Crippen LogP contribution in [0.5, 0.6) is 11.5 Å². The van der Waals surface area contributed by atoms with Gasteiger partial charge in [-0.2, -0.15) is 0 Å². The van der Waals surface area contributed by atoms with Gasteiger partial charge in [-0.1, -0.05) is 30.3 Å². The maximum atomic E-state index is 12.2. The third kappa shape index (κ3) is 5.28. The van der Waals surface area contributed by atoms with Crippen LogP contribution in [0.3, 0.4) is 0 Å². The Kier molecular flexibility index (Phi) is 6.00. The fourth-order valence-electron chi connectivity index (χ4n) is 2.54. The molecule has 0 bridgehead atoms. The molecule has 4 heteroatoms. The van der Waals surface area contributed by atoms with Gasteiger partial charge in [0.25, 0.3) is 0 Å². The average Bonchev–Trinajstić information content (AvgIpc) is 2.70. The van der Waals surface area contributed by atoms with Gasteiger partial charge in [-0.3, -0.25) is 4.79 Å². The van der Waals surface area contributed by atoms with Crippen LogP contribution in [0.25, 0.3) is 0 Å². The molecule has 0 aromatic heterocycles. The first-order chi connectivity index (χ1) is 13.1. The first-order valence-corrected chi connectivity index (χ1v) is 8.72. The van der Waals surface area contributed by atoms with Gasteiger partial charge in [0.1, 0.15) is 11.5 Å². The lowest BCUT2D eigenvalue weighted by atomic mass is 10.1. The lowest BCUT2D eigenvalue weighted by Crippen LogP contribution is -2.08. The van der Waals surface area contributed by atoms with Gasteiger partial charge in [0.15, 0.2) is 5.78 Å². The van der Waals surface area contributed by atoms with Gasteiger partial charge in [-0.15, -0.1) is 0 Å². The van der Waals surface area contributed by atoms with Crippen LogP contribution in [0.4, 0.5) is 0 Å². The van der Waals surface area contributed by atoms with Gasteiger partial charge in [-0.25, -0.2) is 4.79 Å². The lowest BCUT2D eigenvalue weighted by Gasteiger charge is -2.08. The van der Waals surface area contributed by atoms with Gasteiger partial charge < -0.3 is 9.47 Å². The first-order valence-electron chi connectivity index (χ1n) is 8.72. The summed E-state index contributed by atoms with van der Waals surface area (Å²) in [6.07, 6.45) is 0.820. The number of carbonyl (C=O) groups is 2. The number of ether oxygens (including phenoxy) is 2. The number of ketones is 1. The van der Waals surface area contributed by atoms with E-state index in [1.54, 1.807) is 48.5 Å². The third-order valence-electron chi connectivity index (χ3n) is 4.06. The maximum Gasteiger partial charge on any atom is 0.343 e. The molecule has 3 aromatic carbocycles. The van der Waals surface area contributed by atoms with E-state index in [0.29, 0.717) is 29.2 Å². The molecular formula is C23H20O4. The molecule has 27 heavy (non-hydrogen) atoms. The zero-order valence-corrected chi connectivity index (χ0v) is 15.1. The molecule has 0 saturated carbocycles. The molecule has 0 amide bonds. The number of benzene rings is 3. The minimum Gasteiger partial charge on any atom is -0.493 e. The van der Waals surface area contributed by atoms with Gasteiger partial charge >= 0.3 is 5.97 Å². The molecule has 3 aromatic rings. The molecule has 0 saturated heterocycles. The summed E-state index contributed by atoms with van der Waals surface area (Å²) in [4.78, 5) is 23.5. The standard InChI is InChI=1S/C23H20O4/c1-17(24)19-7-13-22(14-8-19)27-23(25)20-9-11-21(12-10-20)26-16-15-18-5-3-2-4-6-18/h2-14H,15-16H2,1H3. The van der Waals surface area contributed by atoms with E-state index in [2.05, 4.69) is 12.1 Å². The minimum atomic E-state index is -0.457. The molecular weight excluding hydrogens is 340 g/mol. The van der Waals surface area contributed by atoms with E-state index >= 15 is 0 Å². The fraction of sp³-hybridized carbons (Fsp3) is 0.130. The Balaban J connectivity index is 1.53. The molecule has 136 valence electrons. The van der Waals surface area contributed by atoms with Crippen LogP contribution in [0.1, 0.15) is 33.2 Å². The van der Waals surface area contributed by atoms with Crippen molar-refractivity contribution in [1.82, 2.24) is 0 Å². The van der Waals surface area contributed by atoms with Crippen molar-refractivity contribution >= 4 is 11.8 Å². The molecule has 0 aliphatic heterocycles. The van der Waals surface area contributed by atoms with Crippen molar-refractivity contribution in [3.8, 4) is 11.5 Å².